The lowest BCUT2D eigenvalue weighted by Gasteiger charge is -2.44. The first-order chi connectivity index (χ1) is 11.3. The Morgan fingerprint density at radius 3 is 2.29 bits per heavy atom. The van der Waals surface area contributed by atoms with Crippen molar-refractivity contribution < 1.29 is 9.22 Å². The number of nitrogens with zero attached hydrogens (tertiary/aromatic N) is 1. The molecule has 0 N–H and O–H groups in total. The monoisotopic (exact) mass is 347 g/mol. The summed E-state index contributed by atoms with van der Waals surface area (Å²) in [5.74, 6) is -0.0319. The van der Waals surface area contributed by atoms with Crippen LogP contribution in [0.3, 0.4) is 0 Å². The van der Waals surface area contributed by atoms with Gasteiger partial charge in [0.1, 0.15) is 6.29 Å². The number of pyridine rings is 1. The van der Waals surface area contributed by atoms with E-state index in [0.29, 0.717) is 16.6 Å². The zero-order valence-corrected chi connectivity index (χ0v) is 17.1. The van der Waals surface area contributed by atoms with Gasteiger partial charge in [0.15, 0.2) is 0 Å². The highest BCUT2D eigenvalue weighted by molar-refractivity contribution is 6.77. The Morgan fingerprint density at radius 2 is 1.75 bits per heavy atom. The Balaban J connectivity index is 2.45. The van der Waals surface area contributed by atoms with E-state index in [1.807, 2.05) is 12.3 Å². The van der Waals surface area contributed by atoms with Crippen LogP contribution < -0.4 is 0 Å². The molecular formula is C20H33NO2Si. The van der Waals surface area contributed by atoms with E-state index in [9.17, 15) is 4.79 Å². The van der Waals surface area contributed by atoms with Crippen molar-refractivity contribution in [1.82, 2.24) is 4.98 Å². The van der Waals surface area contributed by atoms with E-state index in [4.69, 9.17) is 4.43 Å². The molecule has 1 aromatic rings. The summed E-state index contributed by atoms with van der Waals surface area (Å²) in [7, 11) is -1.97. The highest BCUT2D eigenvalue weighted by Crippen LogP contribution is 2.47. The predicted molar refractivity (Wildman–Crippen MR) is 102 cm³/mol. The first kappa shape index (κ1) is 19.3. The molecule has 0 radical (unpaired) electrons. The van der Waals surface area contributed by atoms with Gasteiger partial charge in [-0.25, -0.2) is 0 Å². The molecule has 24 heavy (non-hydrogen) atoms. The van der Waals surface area contributed by atoms with Gasteiger partial charge in [-0.2, -0.15) is 0 Å². The number of rotatable bonds is 6. The minimum absolute atomic E-state index is 0.0319. The lowest BCUT2D eigenvalue weighted by atomic mass is 9.97. The van der Waals surface area contributed by atoms with E-state index < -0.39 is 8.32 Å². The van der Waals surface area contributed by atoms with Gasteiger partial charge in [0.2, 0.25) is 8.32 Å². The second-order valence-corrected chi connectivity index (χ2v) is 13.5. The maximum absolute atomic E-state index is 11.5. The van der Waals surface area contributed by atoms with Gasteiger partial charge in [0, 0.05) is 12.1 Å². The number of aldehydes is 1. The first-order valence-electron chi connectivity index (χ1n) is 9.42. The average Bonchev–Trinajstić information content (AvgIpc) is 2.70. The van der Waals surface area contributed by atoms with Crippen molar-refractivity contribution in [3.63, 3.8) is 0 Å². The molecule has 1 unspecified atom stereocenters. The SMILES string of the molecule is CC(C)[Si](O[C@@H]1CCCC(C=O)c2cccnc21)(C(C)C)C(C)C. The molecule has 4 heteroatoms. The van der Waals surface area contributed by atoms with Crippen LogP contribution in [0.5, 0.6) is 0 Å². The molecule has 1 aromatic heterocycles. The zero-order valence-electron chi connectivity index (χ0n) is 16.1. The van der Waals surface area contributed by atoms with Gasteiger partial charge in [-0.05, 0) is 47.5 Å². The summed E-state index contributed by atoms with van der Waals surface area (Å²) < 4.78 is 7.02. The van der Waals surface area contributed by atoms with E-state index in [2.05, 4.69) is 52.6 Å². The van der Waals surface area contributed by atoms with E-state index >= 15 is 0 Å². The van der Waals surface area contributed by atoms with Gasteiger partial charge >= 0.3 is 0 Å². The third kappa shape index (κ3) is 3.50. The number of carbonyl (C=O) groups is 1. The van der Waals surface area contributed by atoms with Crippen molar-refractivity contribution in [2.75, 3.05) is 0 Å². The van der Waals surface area contributed by atoms with Gasteiger partial charge in [-0.15, -0.1) is 0 Å². The summed E-state index contributed by atoms with van der Waals surface area (Å²) in [5, 5.41) is 0. The Kier molecular flexibility index (Phi) is 6.38. The summed E-state index contributed by atoms with van der Waals surface area (Å²) in [6.45, 7) is 13.9. The molecule has 0 saturated carbocycles. The highest BCUT2D eigenvalue weighted by atomic mass is 28.4. The maximum atomic E-state index is 11.5. The zero-order chi connectivity index (χ0) is 17.9. The van der Waals surface area contributed by atoms with Gasteiger partial charge in [-0.1, -0.05) is 47.6 Å². The molecule has 2 atom stereocenters. The fraction of sp³-hybridized carbons (Fsp3) is 0.700. The van der Waals surface area contributed by atoms with Crippen molar-refractivity contribution in [3.05, 3.63) is 29.6 Å². The highest BCUT2D eigenvalue weighted by Gasteiger charge is 2.47. The Morgan fingerprint density at radius 1 is 1.12 bits per heavy atom. The number of hydrogen-bond acceptors (Lipinski definition) is 3. The van der Waals surface area contributed by atoms with Crippen LogP contribution >= 0.6 is 0 Å². The van der Waals surface area contributed by atoms with Crippen LogP contribution in [0.4, 0.5) is 0 Å². The van der Waals surface area contributed by atoms with E-state index in [0.717, 1.165) is 36.8 Å². The van der Waals surface area contributed by atoms with Crippen LogP contribution in [-0.4, -0.2) is 19.6 Å². The topological polar surface area (TPSA) is 39.2 Å². The quantitative estimate of drug-likeness (QED) is 0.372. The van der Waals surface area contributed by atoms with Gasteiger partial charge in [0.05, 0.1) is 11.8 Å². The van der Waals surface area contributed by atoms with Crippen LogP contribution in [0.25, 0.3) is 0 Å². The summed E-state index contributed by atoms with van der Waals surface area (Å²) in [4.78, 5) is 16.2. The normalized spacial score (nSPS) is 21.9. The first-order valence-corrected chi connectivity index (χ1v) is 11.6. The maximum Gasteiger partial charge on any atom is 0.201 e. The fourth-order valence-electron chi connectivity index (χ4n) is 4.74. The molecular weight excluding hydrogens is 314 g/mol. The number of hydrogen-bond donors (Lipinski definition) is 0. The molecule has 1 aliphatic carbocycles. The summed E-state index contributed by atoms with van der Waals surface area (Å²) in [6, 6.07) is 4.00. The minimum atomic E-state index is -1.97. The molecule has 0 bridgehead atoms. The molecule has 134 valence electrons. The standard InChI is InChI=1S/C20H33NO2Si/c1-14(2)24(15(3)4,16(5)6)23-19-11-7-9-17(13-22)18-10-8-12-21-20(18)19/h8,10,12-17,19H,7,9,11H2,1-6H3/t17?,19-/m1/s1. The van der Waals surface area contributed by atoms with Crippen LogP contribution in [0.15, 0.2) is 18.3 Å². The van der Waals surface area contributed by atoms with E-state index in [1.54, 1.807) is 0 Å². The smallest absolute Gasteiger partial charge is 0.201 e. The summed E-state index contributed by atoms with van der Waals surface area (Å²) >= 11 is 0. The molecule has 0 fully saturated rings. The summed E-state index contributed by atoms with van der Waals surface area (Å²) in [5.41, 5.74) is 3.74. The van der Waals surface area contributed by atoms with E-state index in [1.165, 1.54) is 0 Å². The number of fused-ring (bicyclic) bond motifs is 1. The van der Waals surface area contributed by atoms with Gasteiger partial charge in [-0.3, -0.25) is 4.98 Å². The third-order valence-electron chi connectivity index (χ3n) is 5.77. The third-order valence-corrected chi connectivity index (χ3v) is 11.9. The number of aromatic nitrogens is 1. The predicted octanol–water partition coefficient (Wildman–Crippen LogP) is 5.78. The molecule has 0 amide bonds. The molecule has 1 aliphatic rings. The molecule has 0 aromatic carbocycles. The molecule has 2 rings (SSSR count). The van der Waals surface area contributed by atoms with Crippen LogP contribution in [0.1, 0.15) is 84.1 Å². The summed E-state index contributed by atoms with van der Waals surface area (Å²) in [6.07, 6.45) is 5.84. The molecule has 1 heterocycles. The molecule has 0 saturated heterocycles. The van der Waals surface area contributed by atoms with Crippen LogP contribution in [-0.2, 0) is 9.22 Å². The minimum Gasteiger partial charge on any atom is -0.408 e. The van der Waals surface area contributed by atoms with Crippen molar-refractivity contribution >= 4 is 14.6 Å². The average molecular weight is 348 g/mol. The lowest BCUT2D eigenvalue weighted by molar-refractivity contribution is -0.109. The Labute approximate surface area is 148 Å². The molecule has 3 nitrogen and oxygen atoms in total. The van der Waals surface area contributed by atoms with Crippen molar-refractivity contribution in [1.29, 1.82) is 0 Å². The lowest BCUT2D eigenvalue weighted by Crippen LogP contribution is -2.48. The van der Waals surface area contributed by atoms with E-state index in [-0.39, 0.29) is 12.0 Å². The van der Waals surface area contributed by atoms with Crippen LogP contribution in [0.2, 0.25) is 16.6 Å². The van der Waals surface area contributed by atoms with Gasteiger partial charge in [0.25, 0.3) is 0 Å². The fourth-order valence-corrected chi connectivity index (χ4v) is 10.3. The van der Waals surface area contributed by atoms with Crippen molar-refractivity contribution in [3.8, 4) is 0 Å². The molecule has 0 spiro atoms. The Hall–Kier alpha value is -1.00. The van der Waals surface area contributed by atoms with Crippen molar-refractivity contribution in [2.45, 2.75) is 89.5 Å². The number of carbonyl (C=O) groups excluding carboxylic acids is 1. The van der Waals surface area contributed by atoms with Gasteiger partial charge < -0.3 is 9.22 Å². The Bertz CT molecular complexity index is 535. The van der Waals surface area contributed by atoms with Crippen molar-refractivity contribution in [2.24, 2.45) is 0 Å². The van der Waals surface area contributed by atoms with Crippen LogP contribution in [0, 0.1) is 0 Å². The largest absolute Gasteiger partial charge is 0.408 e. The second kappa shape index (κ2) is 7.92. The second-order valence-electron chi connectivity index (χ2n) is 8.08. The molecule has 0 aliphatic heterocycles.